The number of nitrogens with two attached hydrogens (primary N) is 1. The number of aliphatic hydroxyl groups is 1. The summed E-state index contributed by atoms with van der Waals surface area (Å²) in [5, 5.41) is 12.0. The number of rotatable bonds is 5. The molecular formula is C13H21ClN2O2. The molecule has 0 fully saturated rings. The SMILES string of the molecule is CC(O)CC(C)CNC(=O)c1cccc(N)c1.Cl. The number of carbonyl (C=O) groups is 1. The number of amides is 1. The Hall–Kier alpha value is -1.26. The standard InChI is InChI=1S/C13H20N2O2.ClH/c1-9(6-10(2)16)8-15-13(17)11-4-3-5-12(14)7-11;/h3-5,7,9-10,16H,6,8,14H2,1-2H3,(H,15,17);1H. The highest BCUT2D eigenvalue weighted by molar-refractivity contribution is 5.94. The third-order valence-electron chi connectivity index (χ3n) is 2.50. The molecule has 1 rings (SSSR count). The molecule has 102 valence electrons. The van der Waals surface area contributed by atoms with E-state index in [1.54, 1.807) is 31.2 Å². The van der Waals surface area contributed by atoms with Gasteiger partial charge in [0.2, 0.25) is 0 Å². The van der Waals surface area contributed by atoms with Gasteiger partial charge in [-0.05, 0) is 37.5 Å². The van der Waals surface area contributed by atoms with Crippen LogP contribution in [0.5, 0.6) is 0 Å². The second kappa shape index (κ2) is 7.95. The Bertz CT molecular complexity index is 383. The first-order chi connectivity index (χ1) is 7.99. The Balaban J connectivity index is 0.00000289. The largest absolute Gasteiger partial charge is 0.399 e. The second-order valence-corrected chi connectivity index (χ2v) is 4.53. The van der Waals surface area contributed by atoms with Gasteiger partial charge in [-0.2, -0.15) is 0 Å². The van der Waals surface area contributed by atoms with Crippen molar-refractivity contribution in [3.8, 4) is 0 Å². The molecule has 0 heterocycles. The lowest BCUT2D eigenvalue weighted by molar-refractivity contribution is 0.0939. The summed E-state index contributed by atoms with van der Waals surface area (Å²) in [6.07, 6.45) is 0.339. The van der Waals surface area contributed by atoms with E-state index in [2.05, 4.69) is 5.32 Å². The summed E-state index contributed by atoms with van der Waals surface area (Å²) >= 11 is 0. The van der Waals surface area contributed by atoms with E-state index in [0.29, 0.717) is 24.2 Å². The van der Waals surface area contributed by atoms with Crippen LogP contribution in [0.1, 0.15) is 30.6 Å². The van der Waals surface area contributed by atoms with Crippen molar-refractivity contribution in [2.75, 3.05) is 12.3 Å². The van der Waals surface area contributed by atoms with Crippen LogP contribution in [0.3, 0.4) is 0 Å². The Labute approximate surface area is 114 Å². The summed E-state index contributed by atoms with van der Waals surface area (Å²) in [6, 6.07) is 6.87. The minimum Gasteiger partial charge on any atom is -0.399 e. The van der Waals surface area contributed by atoms with Gasteiger partial charge in [0.15, 0.2) is 0 Å². The second-order valence-electron chi connectivity index (χ2n) is 4.53. The highest BCUT2D eigenvalue weighted by Crippen LogP contribution is 2.08. The van der Waals surface area contributed by atoms with E-state index in [9.17, 15) is 9.90 Å². The summed E-state index contributed by atoms with van der Waals surface area (Å²) in [4.78, 5) is 11.8. The molecule has 2 unspecified atom stereocenters. The molecule has 0 aliphatic heterocycles. The molecule has 0 aromatic heterocycles. The fourth-order valence-electron chi connectivity index (χ4n) is 1.71. The van der Waals surface area contributed by atoms with E-state index in [1.165, 1.54) is 0 Å². The minimum atomic E-state index is -0.339. The number of carbonyl (C=O) groups excluding carboxylic acids is 1. The van der Waals surface area contributed by atoms with Gasteiger partial charge in [-0.3, -0.25) is 4.79 Å². The molecule has 0 saturated carbocycles. The van der Waals surface area contributed by atoms with Gasteiger partial charge < -0.3 is 16.2 Å². The Morgan fingerprint density at radius 1 is 1.44 bits per heavy atom. The molecule has 5 heteroatoms. The van der Waals surface area contributed by atoms with Crippen molar-refractivity contribution < 1.29 is 9.90 Å². The van der Waals surface area contributed by atoms with Gasteiger partial charge >= 0.3 is 0 Å². The van der Waals surface area contributed by atoms with Crippen molar-refractivity contribution >= 4 is 24.0 Å². The van der Waals surface area contributed by atoms with E-state index >= 15 is 0 Å². The normalized spacial score (nSPS) is 13.3. The van der Waals surface area contributed by atoms with Gasteiger partial charge in [0, 0.05) is 17.8 Å². The molecule has 1 aromatic rings. The Morgan fingerprint density at radius 3 is 2.67 bits per heavy atom. The summed E-state index contributed by atoms with van der Waals surface area (Å²) in [7, 11) is 0. The Morgan fingerprint density at radius 2 is 2.11 bits per heavy atom. The maximum atomic E-state index is 11.8. The predicted octanol–water partition coefficient (Wildman–Crippen LogP) is 1.83. The minimum absolute atomic E-state index is 0. The maximum Gasteiger partial charge on any atom is 0.251 e. The zero-order chi connectivity index (χ0) is 12.8. The first-order valence-corrected chi connectivity index (χ1v) is 5.81. The molecule has 0 bridgehead atoms. The van der Waals surface area contributed by atoms with Crippen molar-refractivity contribution in [2.45, 2.75) is 26.4 Å². The monoisotopic (exact) mass is 272 g/mol. The molecule has 0 spiro atoms. The number of hydrogen-bond donors (Lipinski definition) is 3. The molecule has 0 aliphatic carbocycles. The molecule has 4 N–H and O–H groups in total. The lowest BCUT2D eigenvalue weighted by atomic mass is 10.0. The van der Waals surface area contributed by atoms with Gasteiger partial charge in [-0.1, -0.05) is 13.0 Å². The number of anilines is 1. The smallest absolute Gasteiger partial charge is 0.251 e. The van der Waals surface area contributed by atoms with Crippen molar-refractivity contribution in [2.24, 2.45) is 5.92 Å². The zero-order valence-corrected chi connectivity index (χ0v) is 11.5. The molecule has 4 nitrogen and oxygen atoms in total. The van der Waals surface area contributed by atoms with Crippen molar-refractivity contribution in [3.05, 3.63) is 29.8 Å². The van der Waals surface area contributed by atoms with Gasteiger partial charge in [0.25, 0.3) is 5.91 Å². The predicted molar refractivity (Wildman–Crippen MR) is 75.9 cm³/mol. The van der Waals surface area contributed by atoms with E-state index in [4.69, 9.17) is 5.73 Å². The van der Waals surface area contributed by atoms with Crippen LogP contribution >= 0.6 is 12.4 Å². The fourth-order valence-corrected chi connectivity index (χ4v) is 1.71. The van der Waals surface area contributed by atoms with Gasteiger partial charge in [0.1, 0.15) is 0 Å². The number of nitrogen functional groups attached to an aromatic ring is 1. The average molecular weight is 273 g/mol. The van der Waals surface area contributed by atoms with Crippen LogP contribution in [0.4, 0.5) is 5.69 Å². The quantitative estimate of drug-likeness (QED) is 0.716. The van der Waals surface area contributed by atoms with Crippen LogP contribution in [0.15, 0.2) is 24.3 Å². The summed E-state index contributed by atoms with van der Waals surface area (Å²) in [5.41, 5.74) is 6.75. The molecular weight excluding hydrogens is 252 g/mol. The van der Waals surface area contributed by atoms with Gasteiger partial charge in [-0.15, -0.1) is 12.4 Å². The number of halogens is 1. The van der Waals surface area contributed by atoms with Gasteiger partial charge in [-0.25, -0.2) is 0 Å². The van der Waals surface area contributed by atoms with Crippen LogP contribution in [-0.4, -0.2) is 23.7 Å². The van der Waals surface area contributed by atoms with Crippen LogP contribution in [0, 0.1) is 5.92 Å². The molecule has 2 atom stereocenters. The third-order valence-corrected chi connectivity index (χ3v) is 2.50. The fraction of sp³-hybridized carbons (Fsp3) is 0.462. The van der Waals surface area contributed by atoms with Crippen molar-refractivity contribution in [1.82, 2.24) is 5.32 Å². The van der Waals surface area contributed by atoms with E-state index < -0.39 is 0 Å². The van der Waals surface area contributed by atoms with Gasteiger partial charge in [0.05, 0.1) is 6.10 Å². The van der Waals surface area contributed by atoms with E-state index in [-0.39, 0.29) is 30.3 Å². The lowest BCUT2D eigenvalue weighted by Crippen LogP contribution is -2.29. The van der Waals surface area contributed by atoms with Crippen LogP contribution in [0.25, 0.3) is 0 Å². The molecule has 0 aliphatic rings. The highest BCUT2D eigenvalue weighted by Gasteiger charge is 2.09. The summed E-state index contributed by atoms with van der Waals surface area (Å²) < 4.78 is 0. The highest BCUT2D eigenvalue weighted by atomic mass is 35.5. The number of aliphatic hydroxyl groups excluding tert-OH is 1. The van der Waals surface area contributed by atoms with Crippen LogP contribution in [-0.2, 0) is 0 Å². The summed E-state index contributed by atoms with van der Waals surface area (Å²) in [5.74, 6) is 0.120. The molecule has 18 heavy (non-hydrogen) atoms. The van der Waals surface area contributed by atoms with E-state index in [0.717, 1.165) is 0 Å². The Kier molecular flexibility index (Phi) is 7.39. The molecule has 1 amide bonds. The van der Waals surface area contributed by atoms with Crippen molar-refractivity contribution in [3.63, 3.8) is 0 Å². The number of hydrogen-bond acceptors (Lipinski definition) is 3. The maximum absolute atomic E-state index is 11.8. The first-order valence-electron chi connectivity index (χ1n) is 5.81. The molecule has 0 saturated heterocycles. The third kappa shape index (κ3) is 5.89. The van der Waals surface area contributed by atoms with Crippen LogP contribution < -0.4 is 11.1 Å². The summed E-state index contributed by atoms with van der Waals surface area (Å²) in [6.45, 7) is 4.29. The number of benzene rings is 1. The average Bonchev–Trinajstić information content (AvgIpc) is 2.25. The topological polar surface area (TPSA) is 75.3 Å². The number of nitrogens with one attached hydrogen (secondary N) is 1. The van der Waals surface area contributed by atoms with Crippen LogP contribution in [0.2, 0.25) is 0 Å². The van der Waals surface area contributed by atoms with E-state index in [1.807, 2.05) is 6.92 Å². The lowest BCUT2D eigenvalue weighted by Gasteiger charge is -2.14. The first kappa shape index (κ1) is 16.7. The van der Waals surface area contributed by atoms with Crippen molar-refractivity contribution in [1.29, 1.82) is 0 Å². The molecule has 1 aromatic carbocycles. The zero-order valence-electron chi connectivity index (χ0n) is 10.7. The molecule has 0 radical (unpaired) electrons.